The smallest absolute Gasteiger partial charge is 0.203 e. The lowest BCUT2D eigenvalue weighted by atomic mass is 9.97. The van der Waals surface area contributed by atoms with Gasteiger partial charge in [0.05, 0.1) is 11.8 Å². The molecule has 0 bridgehead atoms. The fraction of sp³-hybridized carbons (Fsp3) is 0.714. The summed E-state index contributed by atoms with van der Waals surface area (Å²) >= 11 is 6.28. The number of ketones is 1. The van der Waals surface area contributed by atoms with Crippen molar-refractivity contribution in [3.8, 4) is 0 Å². The summed E-state index contributed by atoms with van der Waals surface area (Å²) in [6.45, 7) is 2.27. The van der Waals surface area contributed by atoms with Crippen molar-refractivity contribution >= 4 is 23.6 Å². The second kappa shape index (κ2) is 5.84. The van der Waals surface area contributed by atoms with Gasteiger partial charge in [0.2, 0.25) is 5.78 Å². The molecule has 5 nitrogen and oxygen atoms in total. The first-order chi connectivity index (χ1) is 9.66. The SMILES string of the molecule is N[C@@H]1CCN(C2=C(Cl)C(=O)C(C3CCCCO3)N=C2)C1. The average molecular weight is 298 g/mol. The van der Waals surface area contributed by atoms with Crippen molar-refractivity contribution in [2.75, 3.05) is 19.7 Å². The number of ether oxygens (including phenoxy) is 1. The van der Waals surface area contributed by atoms with Crippen LogP contribution in [0.1, 0.15) is 25.7 Å². The first kappa shape index (κ1) is 14.0. The molecule has 0 aromatic carbocycles. The molecule has 3 rings (SSSR count). The number of allylic oxidation sites excluding steroid dienone is 1. The van der Waals surface area contributed by atoms with E-state index in [1.54, 1.807) is 6.21 Å². The number of hydrogen-bond donors (Lipinski definition) is 1. The Labute approximate surface area is 123 Å². The summed E-state index contributed by atoms with van der Waals surface area (Å²) < 4.78 is 5.66. The first-order valence-corrected chi connectivity index (χ1v) is 7.64. The van der Waals surface area contributed by atoms with Gasteiger partial charge in [0.15, 0.2) is 0 Å². The Morgan fingerprint density at radius 1 is 1.40 bits per heavy atom. The van der Waals surface area contributed by atoms with Crippen LogP contribution in [-0.4, -0.2) is 54.8 Å². The Kier molecular flexibility index (Phi) is 4.10. The minimum atomic E-state index is -0.470. The van der Waals surface area contributed by atoms with Crippen molar-refractivity contribution in [1.82, 2.24) is 4.90 Å². The average Bonchev–Trinajstić information content (AvgIpc) is 2.89. The minimum Gasteiger partial charge on any atom is -0.375 e. The second-order valence-corrected chi connectivity index (χ2v) is 6.06. The van der Waals surface area contributed by atoms with E-state index < -0.39 is 6.04 Å². The standard InChI is InChI=1S/C14H20ClN3O2/c15-12-10(18-5-4-9(16)8-18)7-17-13(14(12)19)11-3-1-2-6-20-11/h7,9,11,13H,1-6,8,16H2/t9-,11?,13?/m1/s1. The van der Waals surface area contributed by atoms with Crippen LogP contribution in [0.2, 0.25) is 0 Å². The molecule has 2 unspecified atom stereocenters. The van der Waals surface area contributed by atoms with E-state index in [2.05, 4.69) is 4.99 Å². The van der Waals surface area contributed by atoms with Gasteiger partial charge in [-0.1, -0.05) is 11.6 Å². The molecular formula is C14H20ClN3O2. The summed E-state index contributed by atoms with van der Waals surface area (Å²) in [5.74, 6) is -0.114. The molecule has 0 aliphatic carbocycles. The number of halogens is 1. The van der Waals surface area contributed by atoms with E-state index in [0.29, 0.717) is 6.61 Å². The van der Waals surface area contributed by atoms with Gasteiger partial charge in [0.25, 0.3) is 0 Å². The second-order valence-electron chi connectivity index (χ2n) is 5.69. The fourth-order valence-electron chi connectivity index (χ4n) is 3.04. The number of aliphatic imine (C=N–C) groups is 1. The highest BCUT2D eigenvalue weighted by atomic mass is 35.5. The molecule has 6 heteroatoms. The summed E-state index contributed by atoms with van der Waals surface area (Å²) in [7, 11) is 0. The minimum absolute atomic E-state index is 0.114. The van der Waals surface area contributed by atoms with Crippen molar-refractivity contribution < 1.29 is 9.53 Å². The highest BCUT2D eigenvalue weighted by Crippen LogP contribution is 2.28. The number of likely N-dealkylation sites (tertiary alicyclic amines) is 1. The maximum Gasteiger partial charge on any atom is 0.203 e. The molecule has 0 spiro atoms. The topological polar surface area (TPSA) is 67.9 Å². The van der Waals surface area contributed by atoms with Crippen LogP contribution in [0.3, 0.4) is 0 Å². The fourth-order valence-corrected chi connectivity index (χ4v) is 3.32. The van der Waals surface area contributed by atoms with Crippen LogP contribution < -0.4 is 5.73 Å². The van der Waals surface area contributed by atoms with E-state index in [0.717, 1.165) is 44.5 Å². The Hall–Kier alpha value is -0.910. The molecule has 3 aliphatic rings. The lowest BCUT2D eigenvalue weighted by Gasteiger charge is -2.30. The van der Waals surface area contributed by atoms with Gasteiger partial charge in [-0.15, -0.1) is 0 Å². The third-order valence-corrected chi connectivity index (χ3v) is 4.58. The number of nitrogens with zero attached hydrogens (tertiary/aromatic N) is 2. The Morgan fingerprint density at radius 3 is 2.90 bits per heavy atom. The third kappa shape index (κ3) is 2.62. The summed E-state index contributed by atoms with van der Waals surface area (Å²) in [6, 6.07) is -0.322. The number of nitrogens with two attached hydrogens (primary N) is 1. The molecule has 3 atom stereocenters. The van der Waals surface area contributed by atoms with Gasteiger partial charge in [-0.3, -0.25) is 9.79 Å². The highest BCUT2D eigenvalue weighted by Gasteiger charge is 2.36. The highest BCUT2D eigenvalue weighted by molar-refractivity contribution is 6.45. The van der Waals surface area contributed by atoms with Crippen molar-refractivity contribution in [3.63, 3.8) is 0 Å². The van der Waals surface area contributed by atoms with Crippen molar-refractivity contribution in [1.29, 1.82) is 0 Å². The molecule has 3 aliphatic heterocycles. The zero-order valence-corrected chi connectivity index (χ0v) is 12.2. The van der Waals surface area contributed by atoms with E-state index in [1.165, 1.54) is 0 Å². The molecule has 0 aromatic heterocycles. The van der Waals surface area contributed by atoms with Crippen LogP contribution in [0.25, 0.3) is 0 Å². The van der Waals surface area contributed by atoms with Crippen LogP contribution in [0.4, 0.5) is 0 Å². The molecule has 0 amide bonds. The first-order valence-electron chi connectivity index (χ1n) is 7.26. The molecule has 20 heavy (non-hydrogen) atoms. The van der Waals surface area contributed by atoms with E-state index >= 15 is 0 Å². The zero-order chi connectivity index (χ0) is 14.1. The van der Waals surface area contributed by atoms with Crippen molar-refractivity contribution in [3.05, 3.63) is 10.7 Å². The van der Waals surface area contributed by atoms with Gasteiger partial charge in [0.1, 0.15) is 11.1 Å². The molecular weight excluding hydrogens is 278 g/mol. The van der Waals surface area contributed by atoms with Gasteiger partial charge in [0, 0.05) is 32.0 Å². The maximum absolute atomic E-state index is 12.4. The zero-order valence-electron chi connectivity index (χ0n) is 11.4. The quantitative estimate of drug-likeness (QED) is 0.827. The Balaban J connectivity index is 1.74. The van der Waals surface area contributed by atoms with E-state index in [1.807, 2.05) is 4.90 Å². The summed E-state index contributed by atoms with van der Waals surface area (Å²) in [5.41, 5.74) is 6.62. The number of hydrogen-bond acceptors (Lipinski definition) is 5. The number of rotatable bonds is 2. The maximum atomic E-state index is 12.4. The van der Waals surface area contributed by atoms with Gasteiger partial charge in [-0.05, 0) is 25.7 Å². The molecule has 2 N–H and O–H groups in total. The normalized spacial score (nSPS) is 35.0. The molecule has 0 saturated carbocycles. The molecule has 3 heterocycles. The number of carbonyl (C=O) groups excluding carboxylic acids is 1. The monoisotopic (exact) mass is 297 g/mol. The Bertz CT molecular complexity index is 457. The predicted molar refractivity (Wildman–Crippen MR) is 77.9 cm³/mol. The van der Waals surface area contributed by atoms with Crippen LogP contribution in [-0.2, 0) is 9.53 Å². The van der Waals surface area contributed by atoms with Gasteiger partial charge in [-0.25, -0.2) is 0 Å². The van der Waals surface area contributed by atoms with Crippen LogP contribution in [0, 0.1) is 0 Å². The van der Waals surface area contributed by atoms with Crippen LogP contribution in [0.15, 0.2) is 15.7 Å². The molecule has 2 saturated heterocycles. The largest absolute Gasteiger partial charge is 0.375 e. The molecule has 0 radical (unpaired) electrons. The Morgan fingerprint density at radius 2 is 2.25 bits per heavy atom. The van der Waals surface area contributed by atoms with Crippen LogP contribution in [0.5, 0.6) is 0 Å². The van der Waals surface area contributed by atoms with E-state index in [-0.39, 0.29) is 23.0 Å². The molecule has 0 aromatic rings. The van der Waals surface area contributed by atoms with Gasteiger partial charge in [-0.2, -0.15) is 0 Å². The summed E-state index contributed by atoms with van der Waals surface area (Å²) in [4.78, 5) is 18.9. The van der Waals surface area contributed by atoms with Crippen molar-refractivity contribution in [2.45, 2.75) is 43.9 Å². The van der Waals surface area contributed by atoms with Gasteiger partial charge < -0.3 is 15.4 Å². The molecule has 2 fully saturated rings. The summed E-state index contributed by atoms with van der Waals surface area (Å²) in [5, 5.41) is 0.285. The van der Waals surface area contributed by atoms with E-state index in [9.17, 15) is 4.79 Å². The van der Waals surface area contributed by atoms with Gasteiger partial charge >= 0.3 is 0 Å². The summed E-state index contributed by atoms with van der Waals surface area (Å²) in [6.07, 6.45) is 5.54. The third-order valence-electron chi connectivity index (χ3n) is 4.20. The number of carbonyl (C=O) groups is 1. The predicted octanol–water partition coefficient (Wildman–Crippen LogP) is 1.06. The van der Waals surface area contributed by atoms with E-state index in [4.69, 9.17) is 22.1 Å². The van der Waals surface area contributed by atoms with Crippen molar-refractivity contribution in [2.24, 2.45) is 10.7 Å². The lowest BCUT2D eigenvalue weighted by Crippen LogP contribution is -2.41. The number of Topliss-reactive ketones (excluding diaryl/α,β-unsaturated/α-hetero) is 1. The van der Waals surface area contributed by atoms with Crippen LogP contribution >= 0.6 is 11.6 Å². The lowest BCUT2D eigenvalue weighted by molar-refractivity contribution is -0.120. The number of dihydropyridines is 1. The molecule has 110 valence electrons.